The first-order valence-electron chi connectivity index (χ1n) is 8.41. The first-order valence-corrected chi connectivity index (χ1v) is 8.79. The van der Waals surface area contributed by atoms with Gasteiger partial charge in [-0.05, 0) is 43.2 Å². The van der Waals surface area contributed by atoms with Gasteiger partial charge in [0.2, 0.25) is 0 Å². The van der Waals surface area contributed by atoms with Crippen molar-refractivity contribution in [3.8, 4) is 5.75 Å². The van der Waals surface area contributed by atoms with Gasteiger partial charge < -0.3 is 10.1 Å². The van der Waals surface area contributed by atoms with E-state index in [2.05, 4.69) is 19.2 Å². The Labute approximate surface area is 148 Å². The quantitative estimate of drug-likeness (QED) is 0.833. The summed E-state index contributed by atoms with van der Waals surface area (Å²) in [5.74, 6) is 0.781. The summed E-state index contributed by atoms with van der Waals surface area (Å²) >= 11 is 5.90. The van der Waals surface area contributed by atoms with Gasteiger partial charge in [-0.25, -0.2) is 0 Å². The molecule has 0 spiro atoms. The number of carbonyl (C=O) groups is 1. The highest BCUT2D eigenvalue weighted by Crippen LogP contribution is 2.42. The second kappa shape index (κ2) is 6.86. The molecule has 2 aromatic rings. The maximum atomic E-state index is 12.6. The van der Waals surface area contributed by atoms with E-state index < -0.39 is 0 Å². The molecular formula is C20H22ClNO2. The molecule has 1 unspecified atom stereocenters. The Morgan fingerprint density at radius 3 is 2.50 bits per heavy atom. The van der Waals surface area contributed by atoms with Crippen LogP contribution in [0.2, 0.25) is 5.02 Å². The van der Waals surface area contributed by atoms with Gasteiger partial charge >= 0.3 is 0 Å². The Morgan fingerprint density at radius 2 is 1.83 bits per heavy atom. The fourth-order valence-corrected chi connectivity index (χ4v) is 3.40. The normalized spacial score (nSPS) is 18.4. The molecule has 1 aliphatic rings. The lowest BCUT2D eigenvalue weighted by Crippen LogP contribution is -2.44. The van der Waals surface area contributed by atoms with E-state index in [-0.39, 0.29) is 17.6 Å². The van der Waals surface area contributed by atoms with Crippen LogP contribution in [-0.2, 0) is 0 Å². The van der Waals surface area contributed by atoms with Crippen LogP contribution in [0.25, 0.3) is 0 Å². The highest BCUT2D eigenvalue weighted by atomic mass is 35.5. The van der Waals surface area contributed by atoms with Crippen LogP contribution in [0.15, 0.2) is 48.5 Å². The Morgan fingerprint density at radius 1 is 1.17 bits per heavy atom. The van der Waals surface area contributed by atoms with Gasteiger partial charge in [-0.3, -0.25) is 4.79 Å². The minimum absolute atomic E-state index is 0.0574. The first-order chi connectivity index (χ1) is 11.6. The monoisotopic (exact) mass is 343 g/mol. The fourth-order valence-electron chi connectivity index (χ4n) is 3.27. The zero-order valence-electron chi connectivity index (χ0n) is 14.0. The maximum absolute atomic E-state index is 12.6. The third-order valence-electron chi connectivity index (χ3n) is 4.90. The van der Waals surface area contributed by atoms with Gasteiger partial charge in [0, 0.05) is 22.6 Å². The third kappa shape index (κ3) is 3.27. The van der Waals surface area contributed by atoms with Gasteiger partial charge in [0.15, 0.2) is 0 Å². The molecule has 0 radical (unpaired) electrons. The molecule has 3 nitrogen and oxygen atoms in total. The van der Waals surface area contributed by atoms with E-state index in [0.717, 1.165) is 30.6 Å². The molecule has 0 aliphatic carbocycles. The molecule has 4 heteroatoms. The predicted molar refractivity (Wildman–Crippen MR) is 96.7 cm³/mol. The Kier molecular flexibility index (Phi) is 4.81. The van der Waals surface area contributed by atoms with E-state index in [0.29, 0.717) is 10.6 Å². The molecule has 2 aromatic carbocycles. The number of amides is 1. The summed E-state index contributed by atoms with van der Waals surface area (Å²) in [4.78, 5) is 12.6. The number of nitrogens with one attached hydrogen (secondary N) is 1. The first kappa shape index (κ1) is 16.8. The Bertz CT molecular complexity index is 723. The molecule has 0 aromatic heterocycles. The van der Waals surface area contributed by atoms with E-state index in [9.17, 15) is 4.79 Å². The second-order valence-corrected chi connectivity index (χ2v) is 6.70. The van der Waals surface area contributed by atoms with Crippen molar-refractivity contribution in [3.05, 3.63) is 64.7 Å². The molecule has 1 atom stereocenters. The Balaban J connectivity index is 1.88. The van der Waals surface area contributed by atoms with Crippen molar-refractivity contribution in [2.75, 3.05) is 0 Å². The SMILES string of the molecule is CCC1(CC)CC(NC(=O)c2ccc(Cl)cc2)c2ccccc2O1. The van der Waals surface area contributed by atoms with E-state index >= 15 is 0 Å². The van der Waals surface area contributed by atoms with Crippen molar-refractivity contribution < 1.29 is 9.53 Å². The lowest BCUT2D eigenvalue weighted by Gasteiger charge is -2.41. The number of benzene rings is 2. The number of rotatable bonds is 4. The molecule has 0 saturated carbocycles. The topological polar surface area (TPSA) is 38.3 Å². The van der Waals surface area contributed by atoms with Crippen LogP contribution in [0.4, 0.5) is 0 Å². The molecule has 0 bridgehead atoms. The van der Waals surface area contributed by atoms with Crippen LogP contribution in [0.1, 0.15) is 55.1 Å². The second-order valence-electron chi connectivity index (χ2n) is 6.27. The van der Waals surface area contributed by atoms with Gasteiger partial charge in [0.05, 0.1) is 6.04 Å². The average Bonchev–Trinajstić information content (AvgIpc) is 2.62. The van der Waals surface area contributed by atoms with Crippen LogP contribution in [0.3, 0.4) is 0 Å². The highest BCUT2D eigenvalue weighted by molar-refractivity contribution is 6.30. The highest BCUT2D eigenvalue weighted by Gasteiger charge is 2.38. The van der Waals surface area contributed by atoms with E-state index in [1.807, 2.05) is 24.3 Å². The third-order valence-corrected chi connectivity index (χ3v) is 5.15. The van der Waals surface area contributed by atoms with Crippen LogP contribution in [-0.4, -0.2) is 11.5 Å². The number of fused-ring (bicyclic) bond motifs is 1. The summed E-state index contributed by atoms with van der Waals surface area (Å²) < 4.78 is 6.28. The standard InChI is InChI=1S/C20H22ClNO2/c1-3-20(4-2)13-17(16-7-5-6-8-18(16)24-20)22-19(23)14-9-11-15(21)12-10-14/h5-12,17H,3-4,13H2,1-2H3,(H,22,23). The number of halogens is 1. The van der Waals surface area contributed by atoms with Crippen molar-refractivity contribution in [2.24, 2.45) is 0 Å². The molecule has 0 fully saturated rings. The van der Waals surface area contributed by atoms with Crippen molar-refractivity contribution in [1.82, 2.24) is 5.32 Å². The van der Waals surface area contributed by atoms with Gasteiger partial charge in [0.1, 0.15) is 11.4 Å². The summed E-state index contributed by atoms with van der Waals surface area (Å²) in [6.07, 6.45) is 2.59. The summed E-state index contributed by atoms with van der Waals surface area (Å²) in [6.45, 7) is 4.27. The Hall–Kier alpha value is -2.00. The van der Waals surface area contributed by atoms with Crippen molar-refractivity contribution in [2.45, 2.75) is 44.8 Å². The van der Waals surface area contributed by atoms with E-state index in [1.54, 1.807) is 24.3 Å². The minimum atomic E-state index is -0.230. The number of hydrogen-bond acceptors (Lipinski definition) is 2. The molecule has 3 rings (SSSR count). The minimum Gasteiger partial charge on any atom is -0.487 e. The van der Waals surface area contributed by atoms with E-state index in [4.69, 9.17) is 16.3 Å². The lowest BCUT2D eigenvalue weighted by molar-refractivity contribution is 0.0227. The largest absolute Gasteiger partial charge is 0.487 e. The van der Waals surface area contributed by atoms with Crippen LogP contribution < -0.4 is 10.1 Å². The predicted octanol–water partition coefficient (Wildman–Crippen LogP) is 5.15. The molecular weight excluding hydrogens is 322 g/mol. The summed E-state index contributed by atoms with van der Waals surface area (Å²) in [5, 5.41) is 3.80. The van der Waals surface area contributed by atoms with Crippen LogP contribution in [0.5, 0.6) is 5.75 Å². The number of ether oxygens (including phenoxy) is 1. The van der Waals surface area contributed by atoms with Gasteiger partial charge in [-0.15, -0.1) is 0 Å². The summed E-state index contributed by atoms with van der Waals surface area (Å²) in [5.41, 5.74) is 1.42. The number of para-hydroxylation sites is 1. The zero-order valence-corrected chi connectivity index (χ0v) is 14.8. The molecule has 1 N–H and O–H groups in total. The molecule has 24 heavy (non-hydrogen) atoms. The lowest BCUT2D eigenvalue weighted by atomic mass is 9.83. The van der Waals surface area contributed by atoms with Crippen LogP contribution >= 0.6 is 11.6 Å². The summed E-state index contributed by atoms with van der Waals surface area (Å²) in [6, 6.07) is 14.9. The molecule has 1 aliphatic heterocycles. The molecule has 1 heterocycles. The smallest absolute Gasteiger partial charge is 0.251 e. The van der Waals surface area contributed by atoms with Gasteiger partial charge in [-0.1, -0.05) is 43.6 Å². The van der Waals surface area contributed by atoms with Crippen LogP contribution in [0, 0.1) is 0 Å². The van der Waals surface area contributed by atoms with Crippen molar-refractivity contribution >= 4 is 17.5 Å². The number of hydrogen-bond donors (Lipinski definition) is 1. The zero-order chi connectivity index (χ0) is 17.2. The molecule has 0 saturated heterocycles. The van der Waals surface area contributed by atoms with Crippen molar-refractivity contribution in [3.63, 3.8) is 0 Å². The van der Waals surface area contributed by atoms with Gasteiger partial charge in [-0.2, -0.15) is 0 Å². The fraction of sp³-hybridized carbons (Fsp3) is 0.350. The van der Waals surface area contributed by atoms with Gasteiger partial charge in [0.25, 0.3) is 5.91 Å². The number of carbonyl (C=O) groups excluding carboxylic acids is 1. The van der Waals surface area contributed by atoms with E-state index in [1.165, 1.54) is 0 Å². The maximum Gasteiger partial charge on any atom is 0.251 e. The average molecular weight is 344 g/mol. The molecule has 126 valence electrons. The summed E-state index contributed by atoms with van der Waals surface area (Å²) in [7, 11) is 0. The molecule has 1 amide bonds. The van der Waals surface area contributed by atoms with Crippen molar-refractivity contribution in [1.29, 1.82) is 0 Å².